The van der Waals surface area contributed by atoms with Crippen molar-refractivity contribution < 1.29 is 0 Å². The molecule has 0 atom stereocenters. The number of aromatic nitrogens is 2. The first-order chi connectivity index (χ1) is 9.46. The monoisotopic (exact) mass is 280 g/mol. The largest absolute Gasteiger partial charge is 0.353 e. The first-order valence-electron chi connectivity index (χ1n) is 7.95. The van der Waals surface area contributed by atoms with Crippen molar-refractivity contribution in [3.63, 3.8) is 0 Å². The number of rotatable bonds is 8. The molecule has 1 aromatic rings. The lowest BCUT2D eigenvalue weighted by Gasteiger charge is -2.34. The molecule has 2 N–H and O–H groups in total. The van der Waals surface area contributed by atoms with Gasteiger partial charge in [0, 0.05) is 25.2 Å². The molecule has 116 valence electrons. The van der Waals surface area contributed by atoms with Crippen LogP contribution >= 0.6 is 0 Å². The number of aryl methyl sites for hydroxylation is 2. The number of nitrogens with two attached hydrogens (primary N) is 1. The van der Waals surface area contributed by atoms with Gasteiger partial charge in [-0.1, -0.05) is 27.7 Å². The smallest absolute Gasteiger partial charge is 0.130 e. The Hall–Kier alpha value is -1.03. The summed E-state index contributed by atoms with van der Waals surface area (Å²) in [6.45, 7) is 12.9. The van der Waals surface area contributed by atoms with Crippen LogP contribution in [-0.2, 0) is 13.5 Å². The third-order valence-corrected chi connectivity index (χ3v) is 3.92. The fourth-order valence-electron chi connectivity index (χ4n) is 3.02. The molecule has 1 heterocycles. The second-order valence-electron chi connectivity index (χ2n) is 6.07. The minimum absolute atomic E-state index is 0.573. The van der Waals surface area contributed by atoms with E-state index in [1.807, 2.05) is 4.68 Å². The SMILES string of the molecule is CCC(CC)N(CC(C)C)c1c(CCN)c(C)nn1C. The van der Waals surface area contributed by atoms with Crippen molar-refractivity contribution in [3.8, 4) is 0 Å². The molecule has 0 saturated heterocycles. The zero-order valence-electron chi connectivity index (χ0n) is 14.1. The van der Waals surface area contributed by atoms with E-state index in [9.17, 15) is 0 Å². The van der Waals surface area contributed by atoms with Crippen molar-refractivity contribution in [1.82, 2.24) is 9.78 Å². The Morgan fingerprint density at radius 2 is 1.85 bits per heavy atom. The maximum Gasteiger partial charge on any atom is 0.130 e. The van der Waals surface area contributed by atoms with Gasteiger partial charge in [0.15, 0.2) is 0 Å². The third kappa shape index (κ3) is 3.75. The van der Waals surface area contributed by atoms with Gasteiger partial charge in [0.25, 0.3) is 0 Å². The van der Waals surface area contributed by atoms with Gasteiger partial charge in [-0.25, -0.2) is 0 Å². The summed E-state index contributed by atoms with van der Waals surface area (Å²) in [5.74, 6) is 1.91. The van der Waals surface area contributed by atoms with E-state index in [0.717, 1.165) is 31.5 Å². The van der Waals surface area contributed by atoms with Crippen LogP contribution in [-0.4, -0.2) is 28.9 Å². The van der Waals surface area contributed by atoms with Gasteiger partial charge in [0.05, 0.1) is 5.69 Å². The quantitative estimate of drug-likeness (QED) is 0.796. The molecule has 0 aliphatic carbocycles. The molecule has 0 unspecified atom stereocenters. The van der Waals surface area contributed by atoms with Gasteiger partial charge >= 0.3 is 0 Å². The molecule has 0 radical (unpaired) electrons. The Kier molecular flexibility index (Phi) is 6.53. The van der Waals surface area contributed by atoms with Gasteiger partial charge < -0.3 is 10.6 Å². The van der Waals surface area contributed by atoms with Crippen molar-refractivity contribution in [3.05, 3.63) is 11.3 Å². The van der Waals surface area contributed by atoms with Gasteiger partial charge in [-0.3, -0.25) is 4.68 Å². The number of hydrogen-bond acceptors (Lipinski definition) is 3. The van der Waals surface area contributed by atoms with Crippen molar-refractivity contribution in [1.29, 1.82) is 0 Å². The van der Waals surface area contributed by atoms with Crippen LogP contribution in [0.4, 0.5) is 5.82 Å². The number of nitrogens with zero attached hydrogens (tertiary/aromatic N) is 3. The minimum atomic E-state index is 0.573. The molecule has 4 heteroatoms. The van der Waals surface area contributed by atoms with Gasteiger partial charge in [-0.15, -0.1) is 0 Å². The van der Waals surface area contributed by atoms with Crippen LogP contribution in [0.1, 0.15) is 51.8 Å². The molecule has 1 aromatic heterocycles. The van der Waals surface area contributed by atoms with Crippen molar-refractivity contribution >= 4 is 5.82 Å². The average Bonchev–Trinajstić information content (AvgIpc) is 2.64. The third-order valence-electron chi connectivity index (χ3n) is 3.92. The molecule has 0 aliphatic rings. The normalized spacial score (nSPS) is 11.7. The highest BCUT2D eigenvalue weighted by Crippen LogP contribution is 2.28. The van der Waals surface area contributed by atoms with Crippen molar-refractivity contribution in [2.45, 2.75) is 59.9 Å². The Morgan fingerprint density at radius 1 is 1.25 bits per heavy atom. The predicted molar refractivity (Wildman–Crippen MR) is 87.3 cm³/mol. The zero-order valence-corrected chi connectivity index (χ0v) is 14.1. The average molecular weight is 280 g/mol. The summed E-state index contributed by atoms with van der Waals surface area (Å²) in [6, 6.07) is 0.573. The van der Waals surface area contributed by atoms with E-state index in [0.29, 0.717) is 18.5 Å². The first kappa shape index (κ1) is 17.0. The van der Waals surface area contributed by atoms with Crippen molar-refractivity contribution in [2.24, 2.45) is 18.7 Å². The summed E-state index contributed by atoms with van der Waals surface area (Å²) in [7, 11) is 2.05. The van der Waals surface area contributed by atoms with Gasteiger partial charge in [-0.2, -0.15) is 5.10 Å². The fraction of sp³-hybridized carbons (Fsp3) is 0.812. The summed E-state index contributed by atoms with van der Waals surface area (Å²) in [5.41, 5.74) is 8.23. The highest BCUT2D eigenvalue weighted by atomic mass is 15.4. The van der Waals surface area contributed by atoms with Crippen LogP contribution in [0.5, 0.6) is 0 Å². The maximum absolute atomic E-state index is 5.79. The molecule has 4 nitrogen and oxygen atoms in total. The second kappa shape index (κ2) is 7.67. The van der Waals surface area contributed by atoms with E-state index in [4.69, 9.17) is 5.73 Å². The Labute approximate surface area is 124 Å². The number of hydrogen-bond donors (Lipinski definition) is 1. The summed E-state index contributed by atoms with van der Waals surface area (Å²) in [6.07, 6.45) is 3.23. The van der Waals surface area contributed by atoms with Crippen LogP contribution in [0.15, 0.2) is 0 Å². The first-order valence-corrected chi connectivity index (χ1v) is 7.95. The maximum atomic E-state index is 5.79. The molecule has 0 aromatic carbocycles. The van der Waals surface area contributed by atoms with Crippen LogP contribution < -0.4 is 10.6 Å². The minimum Gasteiger partial charge on any atom is -0.353 e. The Balaban J connectivity index is 3.24. The van der Waals surface area contributed by atoms with Crippen LogP contribution in [0.3, 0.4) is 0 Å². The van der Waals surface area contributed by atoms with Crippen LogP contribution in [0.2, 0.25) is 0 Å². The van der Waals surface area contributed by atoms with Gasteiger partial charge in [-0.05, 0) is 38.6 Å². The van der Waals surface area contributed by atoms with Crippen LogP contribution in [0.25, 0.3) is 0 Å². The molecule has 1 rings (SSSR count). The van der Waals surface area contributed by atoms with E-state index in [-0.39, 0.29) is 0 Å². The van der Waals surface area contributed by atoms with E-state index in [1.54, 1.807) is 0 Å². The predicted octanol–water partition coefficient (Wildman–Crippen LogP) is 2.88. The van der Waals surface area contributed by atoms with Crippen molar-refractivity contribution in [2.75, 3.05) is 18.0 Å². The van der Waals surface area contributed by atoms with E-state index >= 15 is 0 Å². The van der Waals surface area contributed by atoms with Crippen LogP contribution in [0, 0.1) is 12.8 Å². The topological polar surface area (TPSA) is 47.1 Å². The lowest BCUT2D eigenvalue weighted by Crippen LogP contribution is -2.39. The molecule has 20 heavy (non-hydrogen) atoms. The van der Waals surface area contributed by atoms with E-state index in [1.165, 1.54) is 11.4 Å². The summed E-state index contributed by atoms with van der Waals surface area (Å²) in [4.78, 5) is 2.55. The molecular weight excluding hydrogens is 248 g/mol. The molecule has 0 saturated carbocycles. The molecule has 0 fully saturated rings. The molecule has 0 bridgehead atoms. The van der Waals surface area contributed by atoms with Gasteiger partial charge in [0.2, 0.25) is 0 Å². The second-order valence-corrected chi connectivity index (χ2v) is 6.07. The van der Waals surface area contributed by atoms with E-state index < -0.39 is 0 Å². The molecule has 0 aliphatic heterocycles. The highest BCUT2D eigenvalue weighted by molar-refractivity contribution is 5.51. The van der Waals surface area contributed by atoms with E-state index in [2.05, 4.69) is 51.7 Å². The summed E-state index contributed by atoms with van der Waals surface area (Å²) < 4.78 is 2.04. The number of anilines is 1. The zero-order chi connectivity index (χ0) is 15.3. The lowest BCUT2D eigenvalue weighted by atomic mass is 10.1. The Morgan fingerprint density at radius 3 is 2.30 bits per heavy atom. The summed E-state index contributed by atoms with van der Waals surface area (Å²) >= 11 is 0. The molecular formula is C16H32N4. The fourth-order valence-corrected chi connectivity index (χ4v) is 3.02. The standard InChI is InChI=1S/C16H32N4/c1-7-14(8-2)20(11-12(3)4)16-15(9-10-17)13(5)18-19(16)6/h12,14H,7-11,17H2,1-6H3. The Bertz CT molecular complexity index is 405. The summed E-state index contributed by atoms with van der Waals surface area (Å²) in [5, 5.41) is 4.63. The lowest BCUT2D eigenvalue weighted by molar-refractivity contribution is 0.493. The molecule has 0 spiro atoms. The molecule has 0 amide bonds. The highest BCUT2D eigenvalue weighted by Gasteiger charge is 2.24. The van der Waals surface area contributed by atoms with Gasteiger partial charge in [0.1, 0.15) is 5.82 Å².